The van der Waals surface area contributed by atoms with Gasteiger partial charge in [-0.05, 0) is 24.3 Å². The van der Waals surface area contributed by atoms with Crippen LogP contribution in [-0.4, -0.2) is 23.3 Å². The fourth-order valence-corrected chi connectivity index (χ4v) is 2.33. The molecule has 128 valence electrons. The highest BCUT2D eigenvalue weighted by Crippen LogP contribution is 2.29. The first-order valence-electron chi connectivity index (χ1n) is 7.08. The highest BCUT2D eigenvalue weighted by molar-refractivity contribution is 6.42. The zero-order chi connectivity index (χ0) is 18.0. The Morgan fingerprint density at radius 3 is 2.72 bits per heavy atom. The molecule has 6 nitrogen and oxygen atoms in total. The third kappa shape index (κ3) is 3.56. The molecule has 0 aromatic heterocycles. The van der Waals surface area contributed by atoms with Crippen LogP contribution >= 0.6 is 11.6 Å². The second-order valence-corrected chi connectivity index (χ2v) is 5.40. The number of hydrogen-bond donors (Lipinski definition) is 2. The molecule has 0 amide bonds. The molecule has 0 saturated heterocycles. The minimum Gasteiger partial charge on any atom is -0.508 e. The lowest BCUT2D eigenvalue weighted by atomic mass is 10.2. The zero-order valence-corrected chi connectivity index (χ0v) is 13.3. The number of anilines is 1. The number of esters is 2. The molecule has 25 heavy (non-hydrogen) atoms. The highest BCUT2D eigenvalue weighted by atomic mass is 35.5. The predicted molar refractivity (Wildman–Crippen MR) is 86.3 cm³/mol. The molecule has 2 N–H and O–H groups in total. The largest absolute Gasteiger partial charge is 0.508 e. The molecule has 1 heterocycles. The van der Waals surface area contributed by atoms with E-state index in [1.165, 1.54) is 30.3 Å². The van der Waals surface area contributed by atoms with Crippen LogP contribution in [0.5, 0.6) is 5.75 Å². The second-order valence-electron chi connectivity index (χ2n) is 5.03. The minimum atomic E-state index is -1.46. The van der Waals surface area contributed by atoms with Crippen LogP contribution in [0.3, 0.4) is 0 Å². The number of ether oxygens (including phenoxy) is 2. The van der Waals surface area contributed by atoms with Crippen LogP contribution in [0.1, 0.15) is 10.4 Å². The molecule has 1 aliphatic rings. The van der Waals surface area contributed by atoms with Crippen molar-refractivity contribution in [3.05, 3.63) is 70.6 Å². The summed E-state index contributed by atoms with van der Waals surface area (Å²) in [5, 5.41) is 11.9. The van der Waals surface area contributed by atoms with Gasteiger partial charge >= 0.3 is 11.9 Å². The van der Waals surface area contributed by atoms with E-state index in [9.17, 15) is 19.1 Å². The molecule has 0 bridgehead atoms. The summed E-state index contributed by atoms with van der Waals surface area (Å²) in [6.45, 7) is 0. The number of rotatable bonds is 4. The molecular weight excluding hydrogens is 353 g/mol. The Hall–Kier alpha value is -3.06. The van der Waals surface area contributed by atoms with Crippen LogP contribution in [0.15, 0.2) is 59.3 Å². The van der Waals surface area contributed by atoms with Gasteiger partial charge in [0.05, 0.1) is 5.56 Å². The molecule has 0 spiro atoms. The van der Waals surface area contributed by atoms with Crippen molar-refractivity contribution in [2.45, 2.75) is 6.29 Å². The lowest BCUT2D eigenvalue weighted by Gasteiger charge is -2.16. The van der Waals surface area contributed by atoms with Gasteiger partial charge in [0.2, 0.25) is 0 Å². The van der Waals surface area contributed by atoms with E-state index in [2.05, 4.69) is 5.32 Å². The Bertz CT molecular complexity index is 883. The van der Waals surface area contributed by atoms with E-state index in [0.29, 0.717) is 5.69 Å². The van der Waals surface area contributed by atoms with Crippen molar-refractivity contribution in [3.63, 3.8) is 0 Å². The van der Waals surface area contributed by atoms with E-state index < -0.39 is 24.0 Å². The van der Waals surface area contributed by atoms with Crippen LogP contribution in [0.25, 0.3) is 0 Å². The number of carbonyl (C=O) groups excluding carboxylic acids is 2. The minimum absolute atomic E-state index is 0.0214. The maximum Gasteiger partial charge on any atom is 0.355 e. The van der Waals surface area contributed by atoms with Crippen LogP contribution < -0.4 is 5.32 Å². The van der Waals surface area contributed by atoms with Crippen molar-refractivity contribution >= 4 is 29.2 Å². The SMILES string of the molecule is O=C1O[C@@H](OC(=O)c2ccccc2F)C(Nc2cccc(O)c2)=C1Cl. The Balaban J connectivity index is 1.82. The topological polar surface area (TPSA) is 84.9 Å². The molecule has 2 aromatic rings. The average Bonchev–Trinajstić information content (AvgIpc) is 2.83. The van der Waals surface area contributed by atoms with Gasteiger partial charge in [0.1, 0.15) is 17.3 Å². The van der Waals surface area contributed by atoms with Gasteiger partial charge in [-0.15, -0.1) is 0 Å². The third-order valence-electron chi connectivity index (χ3n) is 3.30. The number of hydrogen-bond acceptors (Lipinski definition) is 6. The first kappa shape index (κ1) is 16.8. The number of phenols is 1. The molecule has 1 aliphatic heterocycles. The summed E-state index contributed by atoms with van der Waals surface area (Å²) in [4.78, 5) is 23.8. The molecule has 1 atom stereocenters. The van der Waals surface area contributed by atoms with Gasteiger partial charge in [0.15, 0.2) is 5.03 Å². The maximum atomic E-state index is 13.7. The molecule has 0 unspecified atom stereocenters. The van der Waals surface area contributed by atoms with Crippen molar-refractivity contribution in [2.24, 2.45) is 0 Å². The van der Waals surface area contributed by atoms with Crippen molar-refractivity contribution < 1.29 is 28.6 Å². The van der Waals surface area contributed by atoms with E-state index in [1.54, 1.807) is 12.1 Å². The summed E-state index contributed by atoms with van der Waals surface area (Å²) >= 11 is 5.89. The normalized spacial score (nSPS) is 16.6. The maximum absolute atomic E-state index is 13.7. The summed E-state index contributed by atoms with van der Waals surface area (Å²) < 4.78 is 23.6. The summed E-state index contributed by atoms with van der Waals surface area (Å²) in [6, 6.07) is 11.2. The van der Waals surface area contributed by atoms with Crippen molar-refractivity contribution in [3.8, 4) is 5.75 Å². The quantitative estimate of drug-likeness (QED) is 0.812. The zero-order valence-electron chi connectivity index (χ0n) is 12.5. The molecule has 0 saturated carbocycles. The summed E-state index contributed by atoms with van der Waals surface area (Å²) in [6.07, 6.45) is -1.46. The van der Waals surface area contributed by atoms with Gasteiger partial charge in [-0.2, -0.15) is 0 Å². The third-order valence-corrected chi connectivity index (χ3v) is 3.66. The molecular formula is C17H11ClFNO5. The van der Waals surface area contributed by atoms with Gasteiger partial charge in [0.25, 0.3) is 6.29 Å². The van der Waals surface area contributed by atoms with Crippen LogP contribution in [-0.2, 0) is 14.3 Å². The lowest BCUT2D eigenvalue weighted by Crippen LogP contribution is -2.24. The first-order valence-corrected chi connectivity index (χ1v) is 7.45. The number of cyclic esters (lactones) is 1. The van der Waals surface area contributed by atoms with Crippen molar-refractivity contribution in [2.75, 3.05) is 5.32 Å². The monoisotopic (exact) mass is 363 g/mol. The van der Waals surface area contributed by atoms with Crippen molar-refractivity contribution in [1.29, 1.82) is 0 Å². The molecule has 0 fully saturated rings. The van der Waals surface area contributed by atoms with Gasteiger partial charge in [-0.25, -0.2) is 14.0 Å². The Morgan fingerprint density at radius 1 is 1.24 bits per heavy atom. The fraction of sp³-hybridized carbons (Fsp3) is 0.0588. The molecule has 0 aliphatic carbocycles. The van der Waals surface area contributed by atoms with Gasteiger partial charge in [0, 0.05) is 11.8 Å². The Labute approximate surface area is 146 Å². The number of benzene rings is 2. The molecule has 2 aromatic carbocycles. The Kier molecular flexibility index (Phi) is 4.58. The number of aromatic hydroxyl groups is 1. The standard InChI is InChI=1S/C17H11ClFNO5/c18-13-14(20-9-4-3-5-10(21)8-9)17(25-16(13)23)24-15(22)11-6-1-2-7-12(11)19/h1-8,17,20-21H/t17-/m1/s1. The highest BCUT2D eigenvalue weighted by Gasteiger charge is 2.37. The van der Waals surface area contributed by atoms with Gasteiger partial charge in [-0.1, -0.05) is 29.8 Å². The summed E-state index contributed by atoms with van der Waals surface area (Å²) in [5.74, 6) is -2.70. The molecule has 8 heteroatoms. The van der Waals surface area contributed by atoms with Crippen LogP contribution in [0.2, 0.25) is 0 Å². The van der Waals surface area contributed by atoms with E-state index >= 15 is 0 Å². The molecule has 3 rings (SSSR count). The van der Waals surface area contributed by atoms with Gasteiger partial charge in [-0.3, -0.25) is 0 Å². The second kappa shape index (κ2) is 6.82. The fourth-order valence-electron chi connectivity index (χ4n) is 2.14. The predicted octanol–water partition coefficient (Wildman–Crippen LogP) is 3.13. The van der Waals surface area contributed by atoms with Crippen molar-refractivity contribution in [1.82, 2.24) is 0 Å². The number of phenolic OH excluding ortho intramolecular Hbond substituents is 1. The summed E-state index contributed by atoms with van der Waals surface area (Å²) in [7, 11) is 0. The smallest absolute Gasteiger partial charge is 0.355 e. The lowest BCUT2D eigenvalue weighted by molar-refractivity contribution is -0.152. The molecule has 0 radical (unpaired) electrons. The van der Waals surface area contributed by atoms with E-state index in [4.69, 9.17) is 21.1 Å². The number of nitrogens with one attached hydrogen (secondary N) is 1. The van der Waals surface area contributed by atoms with E-state index in [1.807, 2.05) is 0 Å². The first-order chi connectivity index (χ1) is 12.0. The van der Waals surface area contributed by atoms with Crippen LogP contribution in [0, 0.1) is 5.82 Å². The van der Waals surface area contributed by atoms with E-state index in [0.717, 1.165) is 6.07 Å². The van der Waals surface area contributed by atoms with Crippen LogP contribution in [0.4, 0.5) is 10.1 Å². The number of carbonyl (C=O) groups is 2. The van der Waals surface area contributed by atoms with Gasteiger partial charge < -0.3 is 19.9 Å². The summed E-state index contributed by atoms with van der Waals surface area (Å²) in [5.41, 5.74) is 0.0543. The number of halogens is 2. The Morgan fingerprint density at radius 2 is 2.00 bits per heavy atom. The average molecular weight is 364 g/mol. The van der Waals surface area contributed by atoms with E-state index in [-0.39, 0.29) is 22.0 Å².